The van der Waals surface area contributed by atoms with Gasteiger partial charge in [-0.3, -0.25) is 0 Å². The molecule has 0 aliphatic carbocycles. The van der Waals surface area contributed by atoms with Gasteiger partial charge in [-0.2, -0.15) is 0 Å². The maximum atomic E-state index is 5.50. The highest BCUT2D eigenvalue weighted by Gasteiger charge is 2.17. The molecule has 3 rings (SSSR count). The molecule has 3 nitrogen and oxygen atoms in total. The Hall–Kier alpha value is -1.29. The predicted octanol–water partition coefficient (Wildman–Crippen LogP) is 3.30. The number of aromatic nitrogens is 1. The average Bonchev–Trinajstić information content (AvgIpc) is 2.97. The molecule has 1 saturated heterocycles. The van der Waals surface area contributed by atoms with Crippen molar-refractivity contribution in [2.45, 2.75) is 19.8 Å². The summed E-state index contributed by atoms with van der Waals surface area (Å²) in [4.78, 5) is 6.96. The molecule has 0 radical (unpaired) electrons. The van der Waals surface area contributed by atoms with E-state index in [-0.39, 0.29) is 0 Å². The molecule has 2 aromatic rings. The van der Waals surface area contributed by atoms with Gasteiger partial charge in [-0.05, 0) is 31.9 Å². The zero-order chi connectivity index (χ0) is 11.7. The summed E-state index contributed by atoms with van der Waals surface area (Å²) >= 11 is 1.66. The number of benzene rings is 1. The summed E-state index contributed by atoms with van der Waals surface area (Å²) in [5.74, 6) is 0. The van der Waals surface area contributed by atoms with Gasteiger partial charge in [-0.1, -0.05) is 17.4 Å². The quantitative estimate of drug-likeness (QED) is 0.833. The standard InChI is InChI=1S/C13H16N2OS/c1-2-16-13-14-10-6-5-7-11(12(10)17-13)15-8-3-4-9-15/h5-7H,2-4,8-9H2,1H3. The first kappa shape index (κ1) is 10.8. The molecule has 0 amide bonds. The first-order valence-electron chi connectivity index (χ1n) is 6.16. The van der Waals surface area contributed by atoms with E-state index >= 15 is 0 Å². The van der Waals surface area contributed by atoms with Gasteiger partial charge in [0.15, 0.2) is 0 Å². The van der Waals surface area contributed by atoms with E-state index in [4.69, 9.17) is 4.74 Å². The third kappa shape index (κ3) is 1.97. The summed E-state index contributed by atoms with van der Waals surface area (Å²) in [5.41, 5.74) is 2.38. The van der Waals surface area contributed by atoms with Crippen molar-refractivity contribution in [2.75, 3.05) is 24.6 Å². The minimum absolute atomic E-state index is 0.679. The van der Waals surface area contributed by atoms with Crippen molar-refractivity contribution in [1.82, 2.24) is 4.98 Å². The van der Waals surface area contributed by atoms with E-state index in [1.807, 2.05) is 6.92 Å². The van der Waals surface area contributed by atoms with Crippen LogP contribution in [0.15, 0.2) is 18.2 Å². The third-order valence-electron chi connectivity index (χ3n) is 3.09. The zero-order valence-corrected chi connectivity index (χ0v) is 10.8. The average molecular weight is 248 g/mol. The van der Waals surface area contributed by atoms with Crippen molar-refractivity contribution < 1.29 is 4.74 Å². The Morgan fingerprint density at radius 2 is 2.18 bits per heavy atom. The highest BCUT2D eigenvalue weighted by Crippen LogP contribution is 2.36. The number of anilines is 1. The first-order chi connectivity index (χ1) is 8.38. The van der Waals surface area contributed by atoms with Gasteiger partial charge in [0.1, 0.15) is 0 Å². The second-order valence-corrected chi connectivity index (χ2v) is 5.19. The smallest absolute Gasteiger partial charge is 0.274 e. The fourth-order valence-electron chi connectivity index (χ4n) is 2.31. The largest absolute Gasteiger partial charge is 0.470 e. The highest BCUT2D eigenvalue weighted by molar-refractivity contribution is 7.20. The molecule has 0 atom stereocenters. The summed E-state index contributed by atoms with van der Waals surface area (Å²) < 4.78 is 6.76. The SMILES string of the molecule is CCOc1nc2cccc(N3CCCC3)c2s1. The minimum atomic E-state index is 0.679. The molecule has 1 aromatic carbocycles. The molecule has 0 bridgehead atoms. The normalized spacial score (nSPS) is 15.7. The maximum absolute atomic E-state index is 5.50. The lowest BCUT2D eigenvalue weighted by Gasteiger charge is -2.17. The summed E-state index contributed by atoms with van der Waals surface area (Å²) in [6.45, 7) is 5.01. The van der Waals surface area contributed by atoms with Gasteiger partial charge < -0.3 is 9.64 Å². The minimum Gasteiger partial charge on any atom is -0.470 e. The van der Waals surface area contributed by atoms with Crippen LogP contribution in [0.5, 0.6) is 5.19 Å². The fraction of sp³-hybridized carbons (Fsp3) is 0.462. The number of hydrogen-bond donors (Lipinski definition) is 0. The Morgan fingerprint density at radius 3 is 2.94 bits per heavy atom. The van der Waals surface area contributed by atoms with Crippen molar-refractivity contribution in [2.24, 2.45) is 0 Å². The number of nitrogens with zero attached hydrogens (tertiary/aromatic N) is 2. The van der Waals surface area contributed by atoms with Crippen LogP contribution in [0.3, 0.4) is 0 Å². The Morgan fingerprint density at radius 1 is 1.35 bits per heavy atom. The Balaban J connectivity index is 2.04. The van der Waals surface area contributed by atoms with E-state index in [9.17, 15) is 0 Å². The number of ether oxygens (including phenoxy) is 1. The van der Waals surface area contributed by atoms with E-state index in [1.54, 1.807) is 11.3 Å². The summed E-state index contributed by atoms with van der Waals surface area (Å²) in [6.07, 6.45) is 2.60. The van der Waals surface area contributed by atoms with Gasteiger partial charge in [-0.15, -0.1) is 0 Å². The van der Waals surface area contributed by atoms with Crippen molar-refractivity contribution in [1.29, 1.82) is 0 Å². The van der Waals surface area contributed by atoms with E-state index < -0.39 is 0 Å². The molecule has 0 spiro atoms. The van der Waals surface area contributed by atoms with Crippen LogP contribution >= 0.6 is 11.3 Å². The van der Waals surface area contributed by atoms with Gasteiger partial charge in [-0.25, -0.2) is 4.98 Å². The van der Waals surface area contributed by atoms with Gasteiger partial charge in [0, 0.05) is 13.1 Å². The zero-order valence-electron chi connectivity index (χ0n) is 9.98. The van der Waals surface area contributed by atoms with Crippen LogP contribution in [0.2, 0.25) is 0 Å². The molecule has 1 fully saturated rings. The molecule has 1 aliphatic heterocycles. The monoisotopic (exact) mass is 248 g/mol. The van der Waals surface area contributed by atoms with Gasteiger partial charge in [0.05, 0.1) is 22.5 Å². The van der Waals surface area contributed by atoms with E-state index in [1.165, 1.54) is 36.3 Å². The van der Waals surface area contributed by atoms with Crippen LogP contribution in [0.1, 0.15) is 19.8 Å². The van der Waals surface area contributed by atoms with Gasteiger partial charge >= 0.3 is 0 Å². The highest BCUT2D eigenvalue weighted by atomic mass is 32.1. The lowest BCUT2D eigenvalue weighted by atomic mass is 10.3. The molecule has 1 aliphatic rings. The topological polar surface area (TPSA) is 25.4 Å². The summed E-state index contributed by atoms with van der Waals surface area (Å²) in [7, 11) is 0. The lowest BCUT2D eigenvalue weighted by Crippen LogP contribution is -2.17. The van der Waals surface area contributed by atoms with Crippen molar-refractivity contribution in [3.63, 3.8) is 0 Å². The molecule has 90 valence electrons. The number of thiazole rings is 1. The molecule has 0 N–H and O–H groups in total. The molecule has 0 unspecified atom stereocenters. The maximum Gasteiger partial charge on any atom is 0.274 e. The first-order valence-corrected chi connectivity index (χ1v) is 6.97. The summed E-state index contributed by atoms with van der Waals surface area (Å²) in [6, 6.07) is 6.35. The van der Waals surface area contributed by atoms with Crippen LogP contribution in [0, 0.1) is 0 Å². The molecule has 4 heteroatoms. The molecule has 1 aromatic heterocycles. The van der Waals surface area contributed by atoms with Crippen molar-refractivity contribution in [3.05, 3.63) is 18.2 Å². The second-order valence-electron chi connectivity index (χ2n) is 4.23. The summed E-state index contributed by atoms with van der Waals surface area (Å²) in [5, 5.41) is 0.786. The van der Waals surface area contributed by atoms with E-state index in [0.717, 1.165) is 10.7 Å². The molecule has 0 saturated carbocycles. The molecule has 2 heterocycles. The van der Waals surface area contributed by atoms with Crippen LogP contribution in [0.25, 0.3) is 10.2 Å². The Labute approximate surface area is 105 Å². The van der Waals surface area contributed by atoms with Crippen LogP contribution in [0.4, 0.5) is 5.69 Å². The Bertz CT molecular complexity index is 517. The van der Waals surface area contributed by atoms with E-state index in [0.29, 0.717) is 6.61 Å². The molecular formula is C13H16N2OS. The molecule has 17 heavy (non-hydrogen) atoms. The molecular weight excluding hydrogens is 232 g/mol. The van der Waals surface area contributed by atoms with Gasteiger partial charge in [0.2, 0.25) is 0 Å². The number of fused-ring (bicyclic) bond motifs is 1. The number of hydrogen-bond acceptors (Lipinski definition) is 4. The van der Waals surface area contributed by atoms with Crippen molar-refractivity contribution in [3.8, 4) is 5.19 Å². The van der Waals surface area contributed by atoms with Crippen LogP contribution < -0.4 is 9.64 Å². The second kappa shape index (κ2) is 4.53. The lowest BCUT2D eigenvalue weighted by molar-refractivity contribution is 0.339. The fourth-order valence-corrected chi connectivity index (χ4v) is 3.32. The van der Waals surface area contributed by atoms with Crippen LogP contribution in [-0.2, 0) is 0 Å². The third-order valence-corrected chi connectivity index (χ3v) is 4.10. The van der Waals surface area contributed by atoms with E-state index in [2.05, 4.69) is 28.1 Å². The predicted molar refractivity (Wildman–Crippen MR) is 72.2 cm³/mol. The van der Waals surface area contributed by atoms with Crippen molar-refractivity contribution >= 4 is 27.2 Å². The Kier molecular flexibility index (Phi) is 2.89. The van der Waals surface area contributed by atoms with Gasteiger partial charge in [0.25, 0.3) is 5.19 Å². The number of rotatable bonds is 3. The van der Waals surface area contributed by atoms with Crippen LogP contribution in [-0.4, -0.2) is 24.7 Å².